The molecule has 1 aliphatic rings. The first-order chi connectivity index (χ1) is 11.4. The van der Waals surface area contributed by atoms with Crippen LogP contribution in [0, 0.1) is 5.82 Å². The average molecular weight is 349 g/mol. The van der Waals surface area contributed by atoms with E-state index in [9.17, 15) is 9.18 Å². The second kappa shape index (κ2) is 6.32. The Morgan fingerprint density at radius 1 is 1.33 bits per heavy atom. The summed E-state index contributed by atoms with van der Waals surface area (Å²) in [6, 6.07) is 9.47. The lowest BCUT2D eigenvalue weighted by atomic mass is 9.96. The third kappa shape index (κ3) is 3.17. The maximum absolute atomic E-state index is 13.1. The molecule has 0 aliphatic heterocycles. The molecular formula is C18H18ClFN2O2. The fourth-order valence-electron chi connectivity index (χ4n) is 2.78. The molecule has 0 atom stereocenters. The minimum Gasteiger partial charge on any atom is -0.496 e. The van der Waals surface area contributed by atoms with Gasteiger partial charge in [0.05, 0.1) is 23.4 Å². The first-order valence-corrected chi connectivity index (χ1v) is 8.00. The van der Waals surface area contributed by atoms with Gasteiger partial charge >= 0.3 is 0 Å². The molecule has 0 spiro atoms. The highest BCUT2D eigenvalue weighted by Gasteiger charge is 2.44. The van der Waals surface area contributed by atoms with Crippen molar-refractivity contribution in [3.8, 4) is 5.75 Å². The number of hydrogen-bond donors (Lipinski definition) is 2. The van der Waals surface area contributed by atoms with E-state index in [1.807, 2.05) is 0 Å². The van der Waals surface area contributed by atoms with Gasteiger partial charge in [-0.2, -0.15) is 0 Å². The van der Waals surface area contributed by atoms with Crippen LogP contribution in [0.1, 0.15) is 28.8 Å². The van der Waals surface area contributed by atoms with Gasteiger partial charge in [0, 0.05) is 18.0 Å². The van der Waals surface area contributed by atoms with Gasteiger partial charge in [0.2, 0.25) is 0 Å². The van der Waals surface area contributed by atoms with Gasteiger partial charge in [0.1, 0.15) is 11.6 Å². The van der Waals surface area contributed by atoms with Gasteiger partial charge in [-0.05, 0) is 36.6 Å². The SMILES string of the molecule is COc1cc(N)c(Cl)cc1C(=O)NCC1(c2ccc(F)cc2)CC1. The van der Waals surface area contributed by atoms with Crippen LogP contribution in [0.25, 0.3) is 0 Å². The van der Waals surface area contributed by atoms with E-state index in [0.717, 1.165) is 18.4 Å². The zero-order chi connectivity index (χ0) is 17.3. The second-order valence-corrected chi connectivity index (χ2v) is 6.45. The lowest BCUT2D eigenvalue weighted by Gasteiger charge is -2.17. The topological polar surface area (TPSA) is 64.3 Å². The van der Waals surface area contributed by atoms with Crippen LogP contribution in [0.4, 0.5) is 10.1 Å². The molecule has 2 aromatic carbocycles. The Balaban J connectivity index is 1.74. The summed E-state index contributed by atoms with van der Waals surface area (Å²) in [6.07, 6.45) is 1.91. The Kier molecular flexibility index (Phi) is 4.37. The Labute approximate surface area is 144 Å². The lowest BCUT2D eigenvalue weighted by Crippen LogP contribution is -2.32. The molecule has 0 aromatic heterocycles. The maximum Gasteiger partial charge on any atom is 0.255 e. The summed E-state index contributed by atoms with van der Waals surface area (Å²) < 4.78 is 18.3. The Hall–Kier alpha value is -2.27. The van der Waals surface area contributed by atoms with Gasteiger partial charge in [-0.25, -0.2) is 4.39 Å². The van der Waals surface area contributed by atoms with E-state index in [2.05, 4.69) is 5.32 Å². The van der Waals surface area contributed by atoms with Gasteiger partial charge in [-0.15, -0.1) is 0 Å². The minimum atomic E-state index is -0.276. The van der Waals surface area contributed by atoms with Gasteiger partial charge in [-0.1, -0.05) is 23.7 Å². The number of nitrogen functional groups attached to an aromatic ring is 1. The van der Waals surface area contributed by atoms with Crippen molar-refractivity contribution < 1.29 is 13.9 Å². The molecule has 0 saturated heterocycles. The second-order valence-electron chi connectivity index (χ2n) is 6.04. The van der Waals surface area contributed by atoms with Gasteiger partial charge in [0.25, 0.3) is 5.91 Å². The molecule has 0 bridgehead atoms. The van der Waals surface area contributed by atoms with Crippen molar-refractivity contribution in [3.63, 3.8) is 0 Å². The van der Waals surface area contributed by atoms with Crippen molar-refractivity contribution in [3.05, 3.63) is 58.4 Å². The fourth-order valence-corrected chi connectivity index (χ4v) is 2.95. The van der Waals surface area contributed by atoms with Gasteiger partial charge < -0.3 is 15.8 Å². The van der Waals surface area contributed by atoms with E-state index < -0.39 is 0 Å². The Morgan fingerprint density at radius 2 is 2.00 bits per heavy atom. The van der Waals surface area contributed by atoms with Crippen molar-refractivity contribution >= 4 is 23.2 Å². The first-order valence-electron chi connectivity index (χ1n) is 7.62. The molecule has 1 saturated carbocycles. The average Bonchev–Trinajstić information content (AvgIpc) is 3.36. The number of hydrogen-bond acceptors (Lipinski definition) is 3. The molecule has 3 rings (SSSR count). The Bertz CT molecular complexity index is 773. The number of carbonyl (C=O) groups is 1. The number of rotatable bonds is 5. The van der Waals surface area contributed by atoms with E-state index in [-0.39, 0.29) is 17.1 Å². The van der Waals surface area contributed by atoms with Crippen molar-refractivity contribution in [2.45, 2.75) is 18.3 Å². The summed E-state index contributed by atoms with van der Waals surface area (Å²) in [6.45, 7) is 0.475. The van der Waals surface area contributed by atoms with Crippen LogP contribution in [0.5, 0.6) is 5.75 Å². The van der Waals surface area contributed by atoms with Gasteiger partial charge in [0.15, 0.2) is 0 Å². The molecule has 1 amide bonds. The minimum absolute atomic E-state index is 0.117. The summed E-state index contributed by atoms with van der Waals surface area (Å²) in [5, 5.41) is 3.23. The van der Waals surface area contributed by atoms with Crippen LogP contribution in [0.15, 0.2) is 36.4 Å². The van der Waals surface area contributed by atoms with Crippen molar-refractivity contribution in [2.24, 2.45) is 0 Å². The summed E-state index contributed by atoms with van der Waals surface area (Å²) in [4.78, 5) is 12.5. The molecule has 4 nitrogen and oxygen atoms in total. The van der Waals surface area contributed by atoms with E-state index >= 15 is 0 Å². The normalized spacial score (nSPS) is 15.0. The van der Waals surface area contributed by atoms with Crippen LogP contribution < -0.4 is 15.8 Å². The molecule has 24 heavy (non-hydrogen) atoms. The predicted molar refractivity (Wildman–Crippen MR) is 92.1 cm³/mol. The zero-order valence-electron chi connectivity index (χ0n) is 13.2. The third-order valence-corrected chi connectivity index (χ3v) is 4.79. The summed E-state index contributed by atoms with van der Waals surface area (Å²) in [5.74, 6) is -0.164. The van der Waals surface area contributed by atoms with Crippen LogP contribution in [0.3, 0.4) is 0 Å². The number of ether oxygens (including phenoxy) is 1. The van der Waals surface area contributed by atoms with E-state index in [4.69, 9.17) is 22.1 Å². The lowest BCUT2D eigenvalue weighted by molar-refractivity contribution is 0.0946. The monoisotopic (exact) mass is 348 g/mol. The van der Waals surface area contributed by atoms with Crippen LogP contribution in [0.2, 0.25) is 5.02 Å². The number of amides is 1. The molecule has 6 heteroatoms. The summed E-state index contributed by atoms with van der Waals surface area (Å²) >= 11 is 6.00. The number of methoxy groups -OCH3 is 1. The number of anilines is 1. The number of halogens is 2. The highest BCUT2D eigenvalue weighted by molar-refractivity contribution is 6.33. The molecule has 1 fully saturated rings. The quantitative estimate of drug-likeness (QED) is 0.812. The highest BCUT2D eigenvalue weighted by atomic mass is 35.5. The molecule has 0 unspecified atom stereocenters. The number of benzene rings is 2. The number of nitrogens with two attached hydrogens (primary N) is 1. The van der Waals surface area contributed by atoms with E-state index in [0.29, 0.717) is 28.6 Å². The first kappa shape index (κ1) is 16.6. The summed E-state index contributed by atoms with van der Waals surface area (Å²) in [5.41, 5.74) is 7.35. The van der Waals surface area contributed by atoms with E-state index in [1.54, 1.807) is 12.1 Å². The molecule has 2 aromatic rings. The number of nitrogens with one attached hydrogen (secondary N) is 1. The molecule has 126 valence electrons. The van der Waals surface area contributed by atoms with Crippen LogP contribution >= 0.6 is 11.6 Å². The molecule has 1 aliphatic carbocycles. The third-order valence-electron chi connectivity index (χ3n) is 4.46. The number of carbonyl (C=O) groups excluding carboxylic acids is 1. The predicted octanol–water partition coefficient (Wildman–Crippen LogP) is 3.53. The van der Waals surface area contributed by atoms with Crippen molar-refractivity contribution in [2.75, 3.05) is 19.4 Å². The van der Waals surface area contributed by atoms with Gasteiger partial charge in [-0.3, -0.25) is 4.79 Å². The largest absolute Gasteiger partial charge is 0.496 e. The highest BCUT2D eigenvalue weighted by Crippen LogP contribution is 2.47. The zero-order valence-corrected chi connectivity index (χ0v) is 14.0. The molecule has 0 radical (unpaired) electrons. The Morgan fingerprint density at radius 3 is 2.58 bits per heavy atom. The molecule has 0 heterocycles. The standard InChI is InChI=1S/C18H18ClFN2O2/c1-24-16-9-15(21)14(19)8-13(16)17(23)22-10-18(6-7-18)11-2-4-12(20)5-3-11/h2-5,8-9H,6-7,10,21H2,1H3,(H,22,23). The maximum atomic E-state index is 13.1. The smallest absolute Gasteiger partial charge is 0.255 e. The molecule has 3 N–H and O–H groups in total. The molecular weight excluding hydrogens is 331 g/mol. The van der Waals surface area contributed by atoms with Crippen molar-refractivity contribution in [1.29, 1.82) is 0 Å². The van der Waals surface area contributed by atoms with E-state index in [1.165, 1.54) is 31.4 Å². The summed E-state index contributed by atoms with van der Waals surface area (Å²) in [7, 11) is 1.47. The van der Waals surface area contributed by atoms with Crippen molar-refractivity contribution in [1.82, 2.24) is 5.32 Å². The van der Waals surface area contributed by atoms with Crippen LogP contribution in [-0.2, 0) is 5.41 Å². The fraction of sp³-hybridized carbons (Fsp3) is 0.278. The van der Waals surface area contributed by atoms with Crippen LogP contribution in [-0.4, -0.2) is 19.6 Å².